The van der Waals surface area contributed by atoms with Crippen molar-refractivity contribution in [3.63, 3.8) is 0 Å². The average Bonchev–Trinajstić information content (AvgIpc) is 3.62. The molecule has 9 nitrogen and oxygen atoms in total. The molecule has 4 heterocycles. The van der Waals surface area contributed by atoms with Gasteiger partial charge in [0.25, 0.3) is 0 Å². The number of halogens is 3. The van der Waals surface area contributed by atoms with Gasteiger partial charge in [0.1, 0.15) is 23.8 Å². The molecule has 1 spiro atoms. The number of ether oxygens (including phenoxy) is 4. The van der Waals surface area contributed by atoms with E-state index in [0.29, 0.717) is 13.4 Å². The van der Waals surface area contributed by atoms with Crippen LogP contribution < -0.4 is 14.2 Å². The summed E-state index contributed by atoms with van der Waals surface area (Å²) in [4.78, 5) is 16.0. The van der Waals surface area contributed by atoms with E-state index >= 15 is 0 Å². The van der Waals surface area contributed by atoms with Crippen LogP contribution in [0.3, 0.4) is 0 Å². The van der Waals surface area contributed by atoms with Crippen molar-refractivity contribution < 1.29 is 42.0 Å². The number of hydrogen-bond donors (Lipinski definition) is 1. The molecule has 1 fully saturated rings. The zero-order valence-corrected chi connectivity index (χ0v) is 20.5. The van der Waals surface area contributed by atoms with Gasteiger partial charge in [-0.2, -0.15) is 13.2 Å². The molecule has 1 atom stereocenters. The molecule has 38 heavy (non-hydrogen) atoms. The molecule has 0 bridgehead atoms. The number of aromatic nitrogens is 2. The highest BCUT2D eigenvalue weighted by Crippen LogP contribution is 2.37. The van der Waals surface area contributed by atoms with Gasteiger partial charge in [0.05, 0.1) is 25.5 Å². The maximum absolute atomic E-state index is 10.6. The van der Waals surface area contributed by atoms with Crippen molar-refractivity contribution in [1.82, 2.24) is 14.5 Å². The van der Waals surface area contributed by atoms with Crippen molar-refractivity contribution in [3.05, 3.63) is 60.0 Å². The minimum atomic E-state index is -5.08. The number of imidazole rings is 1. The van der Waals surface area contributed by atoms with E-state index in [2.05, 4.69) is 38.7 Å². The molecular weight excluding hydrogens is 507 g/mol. The maximum atomic E-state index is 10.6. The van der Waals surface area contributed by atoms with E-state index in [4.69, 9.17) is 28.8 Å². The maximum Gasteiger partial charge on any atom is 0.490 e. The first-order valence-corrected chi connectivity index (χ1v) is 11.9. The minimum Gasteiger partial charge on any atom is -0.497 e. The molecule has 2 aromatic carbocycles. The summed E-state index contributed by atoms with van der Waals surface area (Å²) >= 11 is 0. The fourth-order valence-corrected chi connectivity index (χ4v) is 4.88. The number of carboxylic acid groups (broad SMARTS) is 1. The smallest absolute Gasteiger partial charge is 0.490 e. The number of hydrogen-bond acceptors (Lipinski definition) is 7. The Bertz CT molecular complexity index is 1330. The summed E-state index contributed by atoms with van der Waals surface area (Å²) in [6.07, 6.45) is -2.13. The van der Waals surface area contributed by atoms with Gasteiger partial charge in [-0.15, -0.1) is 0 Å². The number of likely N-dealkylation sites (tertiary alicyclic amines) is 1. The van der Waals surface area contributed by atoms with Crippen molar-refractivity contribution in [1.29, 1.82) is 0 Å². The standard InChI is InChI=1S/C24H25N3O4.C2HF3O2/c1-28-19-4-2-3-18(10-19)20-11-25-23-13-31-24(15-27(20)23)7-8-26(14-24)12-17-5-6-21-22(9-17)30-16-29-21;3-2(4,5)1(6)7/h2-6,9-11H,7-8,12-16H2,1H3;(H,6,7). The molecule has 1 unspecified atom stereocenters. The Morgan fingerprint density at radius 3 is 2.71 bits per heavy atom. The SMILES string of the molecule is COc1cccc(-c2cnc3n2CC2(CCN(Cc4ccc5c(c4)OCO5)C2)OC3)c1.O=C(O)C(F)(F)F. The molecule has 3 aliphatic rings. The highest BCUT2D eigenvalue weighted by atomic mass is 19.4. The van der Waals surface area contributed by atoms with Gasteiger partial charge in [0.15, 0.2) is 11.5 Å². The molecule has 1 aromatic heterocycles. The molecule has 0 amide bonds. The monoisotopic (exact) mass is 533 g/mol. The summed E-state index contributed by atoms with van der Waals surface area (Å²) in [6.45, 7) is 4.45. The highest BCUT2D eigenvalue weighted by molar-refractivity contribution is 5.73. The largest absolute Gasteiger partial charge is 0.497 e. The number of methoxy groups -OCH3 is 1. The van der Waals surface area contributed by atoms with E-state index in [1.807, 2.05) is 24.4 Å². The third kappa shape index (κ3) is 5.41. The van der Waals surface area contributed by atoms with Crippen LogP contribution in [0.2, 0.25) is 0 Å². The number of aliphatic carboxylic acids is 1. The summed E-state index contributed by atoms with van der Waals surface area (Å²) in [6, 6.07) is 14.4. The summed E-state index contributed by atoms with van der Waals surface area (Å²) in [5.41, 5.74) is 3.28. The van der Waals surface area contributed by atoms with Crippen molar-refractivity contribution in [2.24, 2.45) is 0 Å². The number of alkyl halides is 3. The molecule has 3 aromatic rings. The van der Waals surface area contributed by atoms with Crippen LogP contribution in [0.5, 0.6) is 17.2 Å². The molecule has 1 saturated heterocycles. The lowest BCUT2D eigenvalue weighted by Gasteiger charge is -2.35. The Kier molecular flexibility index (Phi) is 6.93. The number of nitrogens with zero attached hydrogens (tertiary/aromatic N) is 3. The normalized spacial score (nSPS) is 20.1. The number of rotatable bonds is 4. The van der Waals surface area contributed by atoms with Gasteiger partial charge in [-0.25, -0.2) is 9.78 Å². The van der Waals surface area contributed by atoms with Crippen molar-refractivity contribution in [2.75, 3.05) is 27.0 Å². The van der Waals surface area contributed by atoms with Crippen LogP contribution in [-0.2, 0) is 29.2 Å². The predicted octanol–water partition coefficient (Wildman–Crippen LogP) is 4.10. The van der Waals surface area contributed by atoms with Crippen LogP contribution in [0.15, 0.2) is 48.7 Å². The van der Waals surface area contributed by atoms with E-state index in [0.717, 1.165) is 66.9 Å². The molecule has 0 aliphatic carbocycles. The van der Waals surface area contributed by atoms with Crippen LogP contribution in [0, 0.1) is 0 Å². The molecule has 6 rings (SSSR count). The van der Waals surface area contributed by atoms with E-state index in [-0.39, 0.29) is 5.60 Å². The predicted molar refractivity (Wildman–Crippen MR) is 128 cm³/mol. The van der Waals surface area contributed by atoms with E-state index in [1.165, 1.54) is 5.56 Å². The van der Waals surface area contributed by atoms with Crippen LogP contribution >= 0.6 is 0 Å². The van der Waals surface area contributed by atoms with Gasteiger partial charge >= 0.3 is 12.1 Å². The highest BCUT2D eigenvalue weighted by Gasteiger charge is 2.43. The summed E-state index contributed by atoms with van der Waals surface area (Å²) in [7, 11) is 1.70. The van der Waals surface area contributed by atoms with E-state index in [9.17, 15) is 13.2 Å². The first-order valence-electron chi connectivity index (χ1n) is 11.9. The zero-order chi connectivity index (χ0) is 26.9. The van der Waals surface area contributed by atoms with Crippen LogP contribution in [-0.4, -0.2) is 64.3 Å². The summed E-state index contributed by atoms with van der Waals surface area (Å²) in [5.74, 6) is 0.747. The number of carbonyl (C=O) groups is 1. The fourth-order valence-electron chi connectivity index (χ4n) is 4.88. The van der Waals surface area contributed by atoms with Gasteiger partial charge < -0.3 is 28.6 Å². The third-order valence-electron chi connectivity index (χ3n) is 6.74. The molecule has 12 heteroatoms. The van der Waals surface area contributed by atoms with Crippen LogP contribution in [0.1, 0.15) is 17.8 Å². The topological polar surface area (TPSA) is 95.3 Å². The Labute approximate surface area is 216 Å². The second-order valence-electron chi connectivity index (χ2n) is 9.30. The third-order valence-corrected chi connectivity index (χ3v) is 6.74. The lowest BCUT2D eigenvalue weighted by Crippen LogP contribution is -2.44. The van der Waals surface area contributed by atoms with Gasteiger partial charge in [0.2, 0.25) is 6.79 Å². The van der Waals surface area contributed by atoms with E-state index < -0.39 is 12.1 Å². The molecule has 0 saturated carbocycles. The van der Waals surface area contributed by atoms with Crippen molar-refractivity contribution >= 4 is 5.97 Å². The first kappa shape index (κ1) is 25.9. The van der Waals surface area contributed by atoms with Crippen molar-refractivity contribution in [3.8, 4) is 28.5 Å². The van der Waals surface area contributed by atoms with Crippen molar-refractivity contribution in [2.45, 2.75) is 37.9 Å². The van der Waals surface area contributed by atoms with Gasteiger partial charge in [-0.1, -0.05) is 18.2 Å². The first-order chi connectivity index (χ1) is 18.2. The van der Waals surface area contributed by atoms with Gasteiger partial charge in [0, 0.05) is 25.2 Å². The number of benzene rings is 2. The minimum absolute atomic E-state index is 0.183. The zero-order valence-electron chi connectivity index (χ0n) is 20.5. The molecular formula is C26H26F3N3O6. The summed E-state index contributed by atoms with van der Waals surface area (Å²) < 4.78 is 56.8. The Hall–Kier alpha value is -3.77. The van der Waals surface area contributed by atoms with Gasteiger partial charge in [-0.3, -0.25) is 4.90 Å². The second kappa shape index (κ2) is 10.2. The Morgan fingerprint density at radius 2 is 1.95 bits per heavy atom. The van der Waals surface area contributed by atoms with Crippen LogP contribution in [0.25, 0.3) is 11.3 Å². The van der Waals surface area contributed by atoms with E-state index in [1.54, 1.807) is 7.11 Å². The molecule has 3 aliphatic heterocycles. The second-order valence-corrected chi connectivity index (χ2v) is 9.30. The van der Waals surface area contributed by atoms with Gasteiger partial charge in [-0.05, 0) is 36.2 Å². The number of fused-ring (bicyclic) bond motifs is 2. The average molecular weight is 534 g/mol. The summed E-state index contributed by atoms with van der Waals surface area (Å²) in [5, 5.41) is 7.12. The quantitative estimate of drug-likeness (QED) is 0.536. The molecule has 0 radical (unpaired) electrons. The lowest BCUT2D eigenvalue weighted by atomic mass is 10.0. The Morgan fingerprint density at radius 1 is 1.16 bits per heavy atom. The lowest BCUT2D eigenvalue weighted by molar-refractivity contribution is -0.192. The fraction of sp³-hybridized carbons (Fsp3) is 0.385. The molecule has 1 N–H and O–H groups in total. The Balaban J connectivity index is 0.000000374. The molecule has 202 valence electrons. The number of carboxylic acids is 1. The van der Waals surface area contributed by atoms with Crippen LogP contribution in [0.4, 0.5) is 13.2 Å².